The van der Waals surface area contributed by atoms with Crippen LogP contribution in [-0.4, -0.2) is 35.8 Å². The van der Waals surface area contributed by atoms with Gasteiger partial charge in [0.15, 0.2) is 0 Å². The number of carbonyl (C=O) groups is 2. The topological polar surface area (TPSA) is 49.4 Å². The first kappa shape index (κ1) is 16.5. The molecular formula is C17H23FN2O2. The van der Waals surface area contributed by atoms with E-state index in [4.69, 9.17) is 0 Å². The van der Waals surface area contributed by atoms with Crippen molar-refractivity contribution in [3.8, 4) is 0 Å². The summed E-state index contributed by atoms with van der Waals surface area (Å²) in [6.07, 6.45) is 3.98. The predicted octanol–water partition coefficient (Wildman–Crippen LogP) is 2.74. The summed E-state index contributed by atoms with van der Waals surface area (Å²) in [6, 6.07) is 5.91. The van der Waals surface area contributed by atoms with Gasteiger partial charge in [0, 0.05) is 31.1 Å². The van der Waals surface area contributed by atoms with E-state index in [1.165, 1.54) is 12.1 Å². The number of hydrogen-bond acceptors (Lipinski definition) is 2. The molecule has 1 aliphatic rings. The molecule has 1 fully saturated rings. The van der Waals surface area contributed by atoms with Gasteiger partial charge in [-0.15, -0.1) is 0 Å². The Labute approximate surface area is 130 Å². The third kappa shape index (κ3) is 4.55. The number of halogens is 1. The van der Waals surface area contributed by atoms with Crippen LogP contribution in [0, 0.1) is 5.82 Å². The zero-order chi connectivity index (χ0) is 15.9. The van der Waals surface area contributed by atoms with E-state index >= 15 is 0 Å². The van der Waals surface area contributed by atoms with Crippen LogP contribution in [0.5, 0.6) is 0 Å². The van der Waals surface area contributed by atoms with Crippen LogP contribution >= 0.6 is 0 Å². The maximum Gasteiger partial charge on any atom is 0.253 e. The minimum Gasteiger partial charge on any atom is -0.353 e. The highest BCUT2D eigenvalue weighted by Crippen LogP contribution is 2.15. The molecular weight excluding hydrogens is 283 g/mol. The van der Waals surface area contributed by atoms with E-state index in [0.717, 1.165) is 25.7 Å². The second kappa shape index (κ2) is 7.92. The largest absolute Gasteiger partial charge is 0.353 e. The molecule has 120 valence electrons. The molecule has 0 atom stereocenters. The van der Waals surface area contributed by atoms with Gasteiger partial charge >= 0.3 is 0 Å². The van der Waals surface area contributed by atoms with Crippen molar-refractivity contribution in [1.82, 2.24) is 10.2 Å². The number of nitrogens with zero attached hydrogens (tertiary/aromatic N) is 1. The summed E-state index contributed by atoms with van der Waals surface area (Å²) in [4.78, 5) is 25.7. The molecule has 0 bridgehead atoms. The fourth-order valence-electron chi connectivity index (χ4n) is 2.67. The Morgan fingerprint density at radius 2 is 2.05 bits per heavy atom. The number of likely N-dealkylation sites (tertiary alicyclic amines) is 1. The van der Waals surface area contributed by atoms with Crippen molar-refractivity contribution in [1.29, 1.82) is 0 Å². The molecule has 0 aromatic heterocycles. The molecule has 1 N–H and O–H groups in total. The second-order valence-corrected chi connectivity index (χ2v) is 5.75. The third-order valence-corrected chi connectivity index (χ3v) is 3.98. The van der Waals surface area contributed by atoms with Gasteiger partial charge in [0.05, 0.1) is 0 Å². The number of carbonyl (C=O) groups excluding carboxylic acids is 2. The predicted molar refractivity (Wildman–Crippen MR) is 83.0 cm³/mol. The van der Waals surface area contributed by atoms with Crippen LogP contribution in [0.25, 0.3) is 0 Å². The Hall–Kier alpha value is -1.91. The lowest BCUT2D eigenvalue weighted by molar-refractivity contribution is -0.122. The SMILES string of the molecule is CCCCC(=O)NC1CCN(C(=O)c2cccc(F)c2)CC1. The lowest BCUT2D eigenvalue weighted by Crippen LogP contribution is -2.46. The number of piperidine rings is 1. The van der Waals surface area contributed by atoms with Gasteiger partial charge in [-0.3, -0.25) is 9.59 Å². The van der Waals surface area contributed by atoms with Gasteiger partial charge in [0.25, 0.3) is 5.91 Å². The van der Waals surface area contributed by atoms with E-state index < -0.39 is 5.82 Å². The van der Waals surface area contributed by atoms with Gasteiger partial charge in [0.2, 0.25) is 5.91 Å². The Morgan fingerprint density at radius 3 is 2.68 bits per heavy atom. The molecule has 22 heavy (non-hydrogen) atoms. The van der Waals surface area contributed by atoms with E-state index in [9.17, 15) is 14.0 Å². The number of unbranched alkanes of at least 4 members (excludes halogenated alkanes) is 1. The molecule has 2 rings (SSSR count). The van der Waals surface area contributed by atoms with Crippen LogP contribution in [0.4, 0.5) is 4.39 Å². The summed E-state index contributed by atoms with van der Waals surface area (Å²) in [5.41, 5.74) is 0.380. The highest BCUT2D eigenvalue weighted by Gasteiger charge is 2.24. The number of amides is 2. The number of rotatable bonds is 5. The molecule has 1 aromatic rings. The lowest BCUT2D eigenvalue weighted by atomic mass is 10.0. The number of benzene rings is 1. The van der Waals surface area contributed by atoms with Crippen molar-refractivity contribution in [2.24, 2.45) is 0 Å². The maximum absolute atomic E-state index is 13.2. The van der Waals surface area contributed by atoms with Crippen molar-refractivity contribution < 1.29 is 14.0 Å². The quantitative estimate of drug-likeness (QED) is 0.909. The van der Waals surface area contributed by atoms with Crippen LogP contribution < -0.4 is 5.32 Å². The average molecular weight is 306 g/mol. The maximum atomic E-state index is 13.2. The minimum atomic E-state index is -0.399. The molecule has 5 heteroatoms. The molecule has 0 radical (unpaired) electrons. The molecule has 4 nitrogen and oxygen atoms in total. The van der Waals surface area contributed by atoms with Gasteiger partial charge in [-0.25, -0.2) is 4.39 Å². The Morgan fingerprint density at radius 1 is 1.32 bits per heavy atom. The standard InChI is InChI=1S/C17H23FN2O2/c1-2-3-7-16(21)19-15-8-10-20(11-9-15)17(22)13-5-4-6-14(18)12-13/h4-6,12,15H,2-3,7-11H2,1H3,(H,19,21). The minimum absolute atomic E-state index is 0.0942. The molecule has 1 saturated heterocycles. The normalized spacial score (nSPS) is 15.6. The van der Waals surface area contributed by atoms with Gasteiger partial charge in [-0.1, -0.05) is 19.4 Å². The van der Waals surface area contributed by atoms with Gasteiger partial charge in [-0.2, -0.15) is 0 Å². The molecule has 1 heterocycles. The van der Waals surface area contributed by atoms with Crippen molar-refractivity contribution in [2.45, 2.75) is 45.1 Å². The number of hydrogen-bond donors (Lipinski definition) is 1. The molecule has 2 amide bonds. The van der Waals surface area contributed by atoms with E-state index in [1.54, 1.807) is 17.0 Å². The highest BCUT2D eigenvalue weighted by molar-refractivity contribution is 5.94. The summed E-state index contributed by atoms with van der Waals surface area (Å²) in [5, 5.41) is 3.03. The third-order valence-electron chi connectivity index (χ3n) is 3.98. The molecule has 0 aliphatic carbocycles. The Balaban J connectivity index is 1.82. The monoisotopic (exact) mass is 306 g/mol. The van der Waals surface area contributed by atoms with E-state index in [1.807, 2.05) is 0 Å². The van der Waals surface area contributed by atoms with Gasteiger partial charge < -0.3 is 10.2 Å². The molecule has 0 spiro atoms. The summed E-state index contributed by atoms with van der Waals surface area (Å²) >= 11 is 0. The average Bonchev–Trinajstić information content (AvgIpc) is 2.53. The fourth-order valence-corrected chi connectivity index (χ4v) is 2.67. The smallest absolute Gasteiger partial charge is 0.253 e. The Kier molecular flexibility index (Phi) is 5.92. The number of nitrogens with one attached hydrogen (secondary N) is 1. The van der Waals surface area contributed by atoms with E-state index in [-0.39, 0.29) is 17.9 Å². The van der Waals surface area contributed by atoms with Gasteiger partial charge in [0.1, 0.15) is 5.82 Å². The van der Waals surface area contributed by atoms with Crippen LogP contribution in [0.3, 0.4) is 0 Å². The zero-order valence-electron chi connectivity index (χ0n) is 13.0. The summed E-state index contributed by atoms with van der Waals surface area (Å²) in [5.74, 6) is -0.448. The van der Waals surface area contributed by atoms with Crippen molar-refractivity contribution in [3.05, 3.63) is 35.6 Å². The van der Waals surface area contributed by atoms with Crippen LogP contribution in [-0.2, 0) is 4.79 Å². The van der Waals surface area contributed by atoms with E-state index in [0.29, 0.717) is 25.1 Å². The first-order chi connectivity index (χ1) is 10.6. The van der Waals surface area contributed by atoms with Crippen molar-refractivity contribution >= 4 is 11.8 Å². The summed E-state index contributed by atoms with van der Waals surface area (Å²) in [6.45, 7) is 3.24. The van der Waals surface area contributed by atoms with Crippen molar-refractivity contribution in [2.75, 3.05) is 13.1 Å². The highest BCUT2D eigenvalue weighted by atomic mass is 19.1. The molecule has 1 aliphatic heterocycles. The fraction of sp³-hybridized carbons (Fsp3) is 0.529. The second-order valence-electron chi connectivity index (χ2n) is 5.75. The van der Waals surface area contributed by atoms with Crippen LogP contribution in [0.2, 0.25) is 0 Å². The van der Waals surface area contributed by atoms with Gasteiger partial charge in [-0.05, 0) is 37.5 Å². The van der Waals surface area contributed by atoms with E-state index in [2.05, 4.69) is 12.2 Å². The summed E-state index contributed by atoms with van der Waals surface area (Å²) in [7, 11) is 0. The van der Waals surface area contributed by atoms with Crippen molar-refractivity contribution in [3.63, 3.8) is 0 Å². The summed E-state index contributed by atoms with van der Waals surface area (Å²) < 4.78 is 13.2. The molecule has 0 unspecified atom stereocenters. The molecule has 1 aromatic carbocycles. The lowest BCUT2D eigenvalue weighted by Gasteiger charge is -2.32. The first-order valence-corrected chi connectivity index (χ1v) is 7.94. The van der Waals surface area contributed by atoms with Crippen LogP contribution in [0.1, 0.15) is 49.4 Å². The Bertz CT molecular complexity index is 525. The zero-order valence-corrected chi connectivity index (χ0v) is 13.0. The first-order valence-electron chi connectivity index (χ1n) is 7.94. The molecule has 0 saturated carbocycles. The van der Waals surface area contributed by atoms with Crippen LogP contribution in [0.15, 0.2) is 24.3 Å².